The number of anilines is 1. The number of aromatic nitrogens is 3. The molecule has 0 aliphatic heterocycles. The highest BCUT2D eigenvalue weighted by Crippen LogP contribution is 2.31. The molecule has 0 saturated heterocycles. The van der Waals surface area contributed by atoms with E-state index in [4.69, 9.17) is 5.73 Å². The Hall–Kier alpha value is -3.99. The van der Waals surface area contributed by atoms with Crippen LogP contribution >= 0.6 is 0 Å². The molecule has 2 aromatic heterocycles. The van der Waals surface area contributed by atoms with Crippen molar-refractivity contribution in [3.8, 4) is 11.1 Å². The van der Waals surface area contributed by atoms with Crippen molar-refractivity contribution in [3.05, 3.63) is 82.8 Å². The minimum Gasteiger partial charge on any atom is -0.388 e. The molecule has 182 valence electrons. The van der Waals surface area contributed by atoms with Crippen molar-refractivity contribution in [2.45, 2.75) is 25.6 Å². The van der Waals surface area contributed by atoms with Crippen LogP contribution in [0.15, 0.2) is 54.7 Å². The second kappa shape index (κ2) is 9.34. The monoisotopic (exact) mass is 487 g/mol. The van der Waals surface area contributed by atoms with Gasteiger partial charge in [-0.1, -0.05) is 24.3 Å². The van der Waals surface area contributed by atoms with E-state index in [-0.39, 0.29) is 35.6 Å². The number of aliphatic hydroxyl groups is 1. The number of rotatable bonds is 6. The van der Waals surface area contributed by atoms with Crippen molar-refractivity contribution >= 4 is 17.5 Å². The van der Waals surface area contributed by atoms with Gasteiger partial charge in [0.15, 0.2) is 5.65 Å². The number of halogens is 4. The molecule has 4 N–H and O–H groups in total. The van der Waals surface area contributed by atoms with Gasteiger partial charge in [-0.2, -0.15) is 18.2 Å². The molecule has 1 amide bonds. The summed E-state index contributed by atoms with van der Waals surface area (Å²) in [7, 11) is 0. The van der Waals surface area contributed by atoms with Gasteiger partial charge in [-0.15, -0.1) is 5.10 Å². The number of nitrogen functional groups attached to an aromatic ring is 1. The van der Waals surface area contributed by atoms with E-state index in [2.05, 4.69) is 15.4 Å². The lowest BCUT2D eigenvalue weighted by Crippen LogP contribution is -2.27. The first kappa shape index (κ1) is 24.1. The van der Waals surface area contributed by atoms with Crippen molar-refractivity contribution in [2.75, 3.05) is 12.3 Å². The molecule has 0 saturated carbocycles. The Balaban J connectivity index is 1.46. The van der Waals surface area contributed by atoms with Crippen LogP contribution in [-0.4, -0.2) is 32.2 Å². The zero-order valence-electron chi connectivity index (χ0n) is 18.5. The van der Waals surface area contributed by atoms with Gasteiger partial charge in [0, 0.05) is 18.3 Å². The number of alkyl halides is 3. The summed E-state index contributed by atoms with van der Waals surface area (Å²) in [6.45, 7) is 1.58. The van der Waals surface area contributed by atoms with E-state index < -0.39 is 29.6 Å². The molecule has 0 spiro atoms. The van der Waals surface area contributed by atoms with Crippen molar-refractivity contribution < 1.29 is 27.5 Å². The van der Waals surface area contributed by atoms with Crippen LogP contribution < -0.4 is 11.1 Å². The standard InChI is InChI=1S/C24H21F4N5O2/c1-13-2-7-17(15-9-11-33-19(12-15)31-23(29)32-33)21(25)20(13)22(35)30-10-8-18(34)14-3-5-16(6-4-14)24(26,27)28/h2-7,9,11-12,18,34H,8,10H2,1H3,(H2,29,32)(H,30,35)/t18-/m0/s1. The van der Waals surface area contributed by atoms with Gasteiger partial charge < -0.3 is 16.2 Å². The first-order valence-electron chi connectivity index (χ1n) is 10.6. The van der Waals surface area contributed by atoms with E-state index in [0.29, 0.717) is 16.8 Å². The second-order valence-electron chi connectivity index (χ2n) is 7.99. The fourth-order valence-electron chi connectivity index (χ4n) is 3.71. The first-order valence-corrected chi connectivity index (χ1v) is 10.6. The molecule has 0 aliphatic rings. The van der Waals surface area contributed by atoms with Crippen LogP contribution in [0.1, 0.15) is 39.6 Å². The molecular formula is C24H21F4N5O2. The molecule has 1 atom stereocenters. The summed E-state index contributed by atoms with van der Waals surface area (Å²) in [6, 6.07) is 10.5. The van der Waals surface area contributed by atoms with Gasteiger partial charge in [0.1, 0.15) is 5.82 Å². The lowest BCUT2D eigenvalue weighted by molar-refractivity contribution is -0.137. The van der Waals surface area contributed by atoms with E-state index in [1.54, 1.807) is 37.4 Å². The minimum atomic E-state index is -4.47. The van der Waals surface area contributed by atoms with Crippen LogP contribution in [0.4, 0.5) is 23.5 Å². The predicted octanol–water partition coefficient (Wildman–Crippen LogP) is 4.30. The Morgan fingerprint density at radius 3 is 2.57 bits per heavy atom. The lowest BCUT2D eigenvalue weighted by Gasteiger charge is -2.15. The largest absolute Gasteiger partial charge is 0.416 e. The maximum absolute atomic E-state index is 15.4. The minimum absolute atomic E-state index is 0.0187. The van der Waals surface area contributed by atoms with Crippen LogP contribution in [0.2, 0.25) is 0 Å². The summed E-state index contributed by atoms with van der Waals surface area (Å²) in [5.41, 5.74) is 6.41. The van der Waals surface area contributed by atoms with Gasteiger partial charge in [0.05, 0.1) is 17.2 Å². The number of nitrogens with zero attached hydrogens (tertiary/aromatic N) is 3. The fraction of sp³-hybridized carbons (Fsp3) is 0.208. The zero-order chi connectivity index (χ0) is 25.3. The molecular weight excluding hydrogens is 466 g/mol. The summed E-state index contributed by atoms with van der Waals surface area (Å²) >= 11 is 0. The number of fused-ring (bicyclic) bond motifs is 1. The molecule has 2 aromatic carbocycles. The number of aryl methyl sites for hydroxylation is 1. The summed E-state index contributed by atoms with van der Waals surface area (Å²) in [5.74, 6) is -1.32. The van der Waals surface area contributed by atoms with Gasteiger partial charge in [0.2, 0.25) is 5.95 Å². The molecule has 0 aliphatic carbocycles. The zero-order valence-corrected chi connectivity index (χ0v) is 18.5. The molecule has 2 heterocycles. The van der Waals surface area contributed by atoms with Crippen LogP contribution in [-0.2, 0) is 6.18 Å². The lowest BCUT2D eigenvalue weighted by atomic mass is 9.98. The molecule has 0 radical (unpaired) electrons. The average molecular weight is 487 g/mol. The highest BCUT2D eigenvalue weighted by Gasteiger charge is 2.30. The van der Waals surface area contributed by atoms with E-state index in [1.165, 1.54) is 16.6 Å². The van der Waals surface area contributed by atoms with Crippen molar-refractivity contribution in [1.82, 2.24) is 19.9 Å². The Morgan fingerprint density at radius 2 is 1.89 bits per heavy atom. The number of carbonyl (C=O) groups excluding carboxylic acids is 1. The van der Waals surface area contributed by atoms with Gasteiger partial charge in [-0.3, -0.25) is 4.79 Å². The van der Waals surface area contributed by atoms with Crippen molar-refractivity contribution in [1.29, 1.82) is 0 Å². The highest BCUT2D eigenvalue weighted by atomic mass is 19.4. The Labute approximate surface area is 197 Å². The summed E-state index contributed by atoms with van der Waals surface area (Å²) in [4.78, 5) is 16.8. The third-order valence-electron chi connectivity index (χ3n) is 5.57. The van der Waals surface area contributed by atoms with Crippen LogP contribution in [0.5, 0.6) is 0 Å². The number of benzene rings is 2. The smallest absolute Gasteiger partial charge is 0.388 e. The Morgan fingerprint density at radius 1 is 1.17 bits per heavy atom. The Bertz CT molecular complexity index is 1380. The van der Waals surface area contributed by atoms with Crippen LogP contribution in [0, 0.1) is 12.7 Å². The third kappa shape index (κ3) is 5.09. The highest BCUT2D eigenvalue weighted by molar-refractivity contribution is 5.97. The fourth-order valence-corrected chi connectivity index (χ4v) is 3.71. The number of pyridine rings is 1. The van der Waals surface area contributed by atoms with E-state index >= 15 is 4.39 Å². The van der Waals surface area contributed by atoms with Crippen LogP contribution in [0.25, 0.3) is 16.8 Å². The number of aliphatic hydroxyl groups excluding tert-OH is 1. The maximum atomic E-state index is 15.4. The van der Waals surface area contributed by atoms with Crippen LogP contribution in [0.3, 0.4) is 0 Å². The molecule has 0 unspecified atom stereocenters. The molecule has 35 heavy (non-hydrogen) atoms. The average Bonchev–Trinajstić information content (AvgIpc) is 3.18. The quantitative estimate of drug-likeness (QED) is 0.352. The second-order valence-corrected chi connectivity index (χ2v) is 7.99. The third-order valence-corrected chi connectivity index (χ3v) is 5.57. The summed E-state index contributed by atoms with van der Waals surface area (Å²) in [6.07, 6.45) is -3.96. The van der Waals surface area contributed by atoms with Gasteiger partial charge in [0.25, 0.3) is 5.91 Å². The number of nitrogens with two attached hydrogens (primary N) is 1. The molecule has 4 rings (SSSR count). The van der Waals surface area contributed by atoms with Crippen molar-refractivity contribution in [2.24, 2.45) is 0 Å². The molecule has 4 aromatic rings. The van der Waals surface area contributed by atoms with Gasteiger partial charge in [-0.25, -0.2) is 8.91 Å². The topological polar surface area (TPSA) is 106 Å². The number of hydrogen-bond acceptors (Lipinski definition) is 5. The summed E-state index contributed by atoms with van der Waals surface area (Å²) < 4.78 is 54.9. The van der Waals surface area contributed by atoms with Crippen molar-refractivity contribution in [3.63, 3.8) is 0 Å². The van der Waals surface area contributed by atoms with E-state index in [0.717, 1.165) is 12.1 Å². The number of amides is 1. The van der Waals surface area contributed by atoms with Gasteiger partial charge >= 0.3 is 6.18 Å². The predicted molar refractivity (Wildman–Crippen MR) is 121 cm³/mol. The van der Waals surface area contributed by atoms with Gasteiger partial charge in [-0.05, 0) is 54.3 Å². The Kier molecular flexibility index (Phi) is 6.44. The SMILES string of the molecule is Cc1ccc(-c2ccn3nc(N)nc3c2)c(F)c1C(=O)NCC[C@H](O)c1ccc(C(F)(F)F)cc1. The molecule has 0 bridgehead atoms. The van der Waals surface area contributed by atoms with E-state index in [1.807, 2.05) is 0 Å². The molecule has 7 nitrogen and oxygen atoms in total. The summed E-state index contributed by atoms with van der Waals surface area (Å²) in [5, 5.41) is 16.8. The normalized spacial score (nSPS) is 12.6. The first-order chi connectivity index (χ1) is 16.5. The molecule has 11 heteroatoms. The van der Waals surface area contributed by atoms with E-state index in [9.17, 15) is 23.1 Å². The molecule has 0 fully saturated rings. The number of nitrogens with one attached hydrogen (secondary N) is 1. The number of hydrogen-bond donors (Lipinski definition) is 3. The number of carbonyl (C=O) groups is 1. The maximum Gasteiger partial charge on any atom is 0.416 e.